The van der Waals surface area contributed by atoms with E-state index in [1.54, 1.807) is 7.11 Å². The summed E-state index contributed by atoms with van der Waals surface area (Å²) in [6.07, 6.45) is 2.40. The Morgan fingerprint density at radius 3 is 2.28 bits per heavy atom. The van der Waals surface area contributed by atoms with Crippen LogP contribution in [0.25, 0.3) is 0 Å². The van der Waals surface area contributed by atoms with Gasteiger partial charge in [-0.1, -0.05) is 24.3 Å². The van der Waals surface area contributed by atoms with Crippen molar-refractivity contribution in [2.24, 2.45) is 0 Å². The van der Waals surface area contributed by atoms with Crippen LogP contribution in [0.3, 0.4) is 0 Å². The predicted molar refractivity (Wildman–Crippen MR) is 112 cm³/mol. The molecule has 1 aliphatic heterocycles. The molecule has 3 rings (SSSR count). The number of likely N-dealkylation sites (tertiary alicyclic amines) is 1. The number of aliphatic hydroxyl groups excluding tert-OH is 1. The fourth-order valence-corrected chi connectivity index (χ4v) is 3.38. The molecule has 2 N–H and O–H groups in total. The molecular formula is C23H28N2O4. The van der Waals surface area contributed by atoms with E-state index >= 15 is 0 Å². The van der Waals surface area contributed by atoms with E-state index in [1.807, 2.05) is 53.4 Å². The molecule has 1 fully saturated rings. The van der Waals surface area contributed by atoms with E-state index in [0.717, 1.165) is 22.6 Å². The van der Waals surface area contributed by atoms with Crippen molar-refractivity contribution in [3.05, 3.63) is 59.7 Å². The Hall–Kier alpha value is -2.86. The summed E-state index contributed by atoms with van der Waals surface area (Å²) < 4.78 is 5.13. The van der Waals surface area contributed by atoms with Gasteiger partial charge in [-0.25, -0.2) is 0 Å². The number of piperidine rings is 1. The largest absolute Gasteiger partial charge is 0.497 e. The molecule has 29 heavy (non-hydrogen) atoms. The SMILES string of the molecule is COc1ccc(CCC(=O)Nc2ccc(CC(=O)N3CCC(O)CC3)cc2)cc1. The molecule has 0 aliphatic carbocycles. The number of anilines is 1. The molecule has 0 unspecified atom stereocenters. The van der Waals surface area contributed by atoms with Gasteiger partial charge in [0.15, 0.2) is 0 Å². The van der Waals surface area contributed by atoms with E-state index in [4.69, 9.17) is 4.74 Å². The first kappa shape index (κ1) is 20.9. The highest BCUT2D eigenvalue weighted by Gasteiger charge is 2.21. The van der Waals surface area contributed by atoms with Crippen LogP contribution in [0.1, 0.15) is 30.4 Å². The number of nitrogens with one attached hydrogen (secondary N) is 1. The topological polar surface area (TPSA) is 78.9 Å². The van der Waals surface area contributed by atoms with Crippen molar-refractivity contribution in [2.75, 3.05) is 25.5 Å². The summed E-state index contributed by atoms with van der Waals surface area (Å²) in [5, 5.41) is 12.4. The van der Waals surface area contributed by atoms with Gasteiger partial charge in [0.2, 0.25) is 11.8 Å². The Labute approximate surface area is 171 Å². The van der Waals surface area contributed by atoms with Gasteiger partial charge < -0.3 is 20.1 Å². The second-order valence-electron chi connectivity index (χ2n) is 7.38. The van der Waals surface area contributed by atoms with Crippen LogP contribution in [-0.4, -0.2) is 48.1 Å². The quantitative estimate of drug-likeness (QED) is 0.754. The summed E-state index contributed by atoms with van der Waals surface area (Å²) in [5.41, 5.74) is 2.72. The molecule has 0 saturated carbocycles. The predicted octanol–water partition coefficient (Wildman–Crippen LogP) is 2.79. The summed E-state index contributed by atoms with van der Waals surface area (Å²) >= 11 is 0. The lowest BCUT2D eigenvalue weighted by molar-refractivity contribution is -0.132. The Kier molecular flexibility index (Phi) is 7.25. The third kappa shape index (κ3) is 6.32. The van der Waals surface area contributed by atoms with Crippen LogP contribution in [0.4, 0.5) is 5.69 Å². The van der Waals surface area contributed by atoms with Crippen LogP contribution in [0, 0.1) is 0 Å². The van der Waals surface area contributed by atoms with Crippen LogP contribution in [0.15, 0.2) is 48.5 Å². The molecule has 1 aliphatic rings. The number of amides is 2. The van der Waals surface area contributed by atoms with E-state index in [-0.39, 0.29) is 17.9 Å². The molecule has 2 aromatic rings. The lowest BCUT2D eigenvalue weighted by Crippen LogP contribution is -2.40. The van der Waals surface area contributed by atoms with Gasteiger partial charge in [-0.05, 0) is 54.7 Å². The van der Waals surface area contributed by atoms with E-state index in [1.165, 1.54) is 0 Å². The van der Waals surface area contributed by atoms with Gasteiger partial charge in [0.1, 0.15) is 5.75 Å². The van der Waals surface area contributed by atoms with E-state index < -0.39 is 0 Å². The smallest absolute Gasteiger partial charge is 0.226 e. The average molecular weight is 396 g/mol. The molecule has 0 aromatic heterocycles. The molecular weight excluding hydrogens is 368 g/mol. The molecule has 0 radical (unpaired) electrons. The summed E-state index contributed by atoms with van der Waals surface area (Å²) in [4.78, 5) is 26.4. The molecule has 0 atom stereocenters. The highest BCUT2D eigenvalue weighted by Crippen LogP contribution is 2.16. The maximum atomic E-state index is 12.4. The fraction of sp³-hybridized carbons (Fsp3) is 0.391. The second-order valence-corrected chi connectivity index (χ2v) is 7.38. The van der Waals surface area contributed by atoms with Crippen LogP contribution < -0.4 is 10.1 Å². The molecule has 1 heterocycles. The number of nitrogens with zero attached hydrogens (tertiary/aromatic N) is 1. The van der Waals surface area contributed by atoms with E-state index in [2.05, 4.69) is 5.32 Å². The van der Waals surface area contributed by atoms with Crippen molar-refractivity contribution in [3.8, 4) is 5.75 Å². The van der Waals surface area contributed by atoms with Gasteiger partial charge in [-0.2, -0.15) is 0 Å². The zero-order valence-corrected chi connectivity index (χ0v) is 16.8. The number of carbonyl (C=O) groups is 2. The van der Waals surface area contributed by atoms with Gasteiger partial charge in [0.05, 0.1) is 19.6 Å². The van der Waals surface area contributed by atoms with Crippen molar-refractivity contribution in [1.82, 2.24) is 4.90 Å². The van der Waals surface area contributed by atoms with Crippen molar-refractivity contribution in [3.63, 3.8) is 0 Å². The number of ether oxygens (including phenoxy) is 1. The molecule has 0 spiro atoms. The standard InChI is InChI=1S/C23H28N2O4/c1-29-21-9-4-17(5-10-21)6-11-22(27)24-19-7-2-18(3-8-19)16-23(28)25-14-12-20(26)13-15-25/h2-5,7-10,20,26H,6,11-16H2,1H3,(H,24,27). The normalized spacial score (nSPS) is 14.5. The molecule has 6 heteroatoms. The number of aliphatic hydroxyl groups is 1. The summed E-state index contributed by atoms with van der Waals surface area (Å²) in [6, 6.07) is 15.1. The third-order valence-corrected chi connectivity index (χ3v) is 5.21. The summed E-state index contributed by atoms with van der Waals surface area (Å²) in [6.45, 7) is 1.23. The van der Waals surface area contributed by atoms with Crippen LogP contribution >= 0.6 is 0 Å². The van der Waals surface area contributed by atoms with E-state index in [9.17, 15) is 14.7 Å². The molecule has 6 nitrogen and oxygen atoms in total. The number of rotatable bonds is 7. The first-order chi connectivity index (χ1) is 14.0. The van der Waals surface area contributed by atoms with Crippen molar-refractivity contribution in [2.45, 2.75) is 38.2 Å². The summed E-state index contributed by atoms with van der Waals surface area (Å²) in [7, 11) is 1.63. The lowest BCUT2D eigenvalue weighted by Gasteiger charge is -2.29. The number of hydrogen-bond donors (Lipinski definition) is 2. The van der Waals surface area contributed by atoms with Gasteiger partial charge in [0, 0.05) is 25.2 Å². The Bertz CT molecular complexity index is 810. The maximum Gasteiger partial charge on any atom is 0.226 e. The molecule has 1 saturated heterocycles. The number of hydrogen-bond acceptors (Lipinski definition) is 4. The van der Waals surface area contributed by atoms with Crippen LogP contribution in [0.2, 0.25) is 0 Å². The van der Waals surface area contributed by atoms with Gasteiger partial charge in [0.25, 0.3) is 0 Å². The third-order valence-electron chi connectivity index (χ3n) is 5.21. The summed E-state index contributed by atoms with van der Waals surface area (Å²) in [5.74, 6) is 0.833. The van der Waals surface area contributed by atoms with Gasteiger partial charge in [-0.15, -0.1) is 0 Å². The first-order valence-corrected chi connectivity index (χ1v) is 10.0. The minimum absolute atomic E-state index is 0.0449. The Balaban J connectivity index is 1.44. The van der Waals surface area contributed by atoms with Crippen LogP contribution in [-0.2, 0) is 22.4 Å². The Morgan fingerprint density at radius 2 is 1.66 bits per heavy atom. The molecule has 154 valence electrons. The number of carbonyl (C=O) groups excluding carboxylic acids is 2. The van der Waals surface area contributed by atoms with Gasteiger partial charge in [-0.3, -0.25) is 9.59 Å². The number of methoxy groups -OCH3 is 1. The van der Waals surface area contributed by atoms with Crippen molar-refractivity contribution < 1.29 is 19.4 Å². The Morgan fingerprint density at radius 1 is 1.03 bits per heavy atom. The minimum Gasteiger partial charge on any atom is -0.497 e. The van der Waals surface area contributed by atoms with Crippen LogP contribution in [0.5, 0.6) is 5.75 Å². The van der Waals surface area contributed by atoms with E-state index in [0.29, 0.717) is 45.2 Å². The monoisotopic (exact) mass is 396 g/mol. The molecule has 0 bridgehead atoms. The fourth-order valence-electron chi connectivity index (χ4n) is 3.38. The first-order valence-electron chi connectivity index (χ1n) is 10.0. The maximum absolute atomic E-state index is 12.4. The zero-order chi connectivity index (χ0) is 20.6. The van der Waals surface area contributed by atoms with Crippen molar-refractivity contribution in [1.29, 1.82) is 0 Å². The second kappa shape index (κ2) is 10.1. The lowest BCUT2D eigenvalue weighted by atomic mass is 10.1. The van der Waals surface area contributed by atoms with Crippen molar-refractivity contribution >= 4 is 17.5 Å². The number of aryl methyl sites for hydroxylation is 1. The minimum atomic E-state index is -0.285. The van der Waals surface area contributed by atoms with Gasteiger partial charge >= 0.3 is 0 Å². The molecule has 2 amide bonds. The average Bonchev–Trinajstić information content (AvgIpc) is 2.74. The highest BCUT2D eigenvalue weighted by molar-refractivity contribution is 5.90. The zero-order valence-electron chi connectivity index (χ0n) is 16.8. The highest BCUT2D eigenvalue weighted by atomic mass is 16.5. The number of benzene rings is 2. The molecule has 2 aromatic carbocycles.